The summed E-state index contributed by atoms with van der Waals surface area (Å²) in [7, 11) is 1.47. The number of esters is 1. The molecule has 2 aliphatic rings. The second-order valence-electron chi connectivity index (χ2n) is 5.93. The molecule has 0 aliphatic heterocycles. The van der Waals surface area contributed by atoms with Crippen molar-refractivity contribution in [2.45, 2.75) is 40.0 Å². The van der Waals surface area contributed by atoms with Crippen LogP contribution < -0.4 is 0 Å². The summed E-state index contributed by atoms with van der Waals surface area (Å²) in [6.07, 6.45) is 5.56. The first-order chi connectivity index (χ1) is 6.91. The molecule has 0 heterocycles. The third kappa shape index (κ3) is 1.42. The lowest BCUT2D eigenvalue weighted by Crippen LogP contribution is -2.30. The molecule has 2 aliphatic carbocycles. The van der Waals surface area contributed by atoms with E-state index < -0.39 is 0 Å². The first-order valence-corrected chi connectivity index (χ1v) is 5.69. The first-order valence-electron chi connectivity index (χ1n) is 5.69. The lowest BCUT2D eigenvalue weighted by Gasteiger charge is -2.33. The molecular formula is C13H20O2. The minimum absolute atomic E-state index is 0.126. The molecule has 0 aromatic rings. The fourth-order valence-corrected chi connectivity index (χ4v) is 3.64. The zero-order chi connectivity index (χ0) is 11.3. The van der Waals surface area contributed by atoms with E-state index in [2.05, 4.69) is 26.8 Å². The van der Waals surface area contributed by atoms with Crippen LogP contribution in [0, 0.1) is 16.7 Å². The van der Waals surface area contributed by atoms with Gasteiger partial charge in [-0.1, -0.05) is 26.8 Å². The number of methoxy groups -OCH3 is 1. The maximum Gasteiger partial charge on any atom is 0.333 e. The van der Waals surface area contributed by atoms with Crippen LogP contribution in [0.2, 0.25) is 0 Å². The van der Waals surface area contributed by atoms with Crippen molar-refractivity contribution in [2.75, 3.05) is 7.11 Å². The van der Waals surface area contributed by atoms with Crippen molar-refractivity contribution >= 4 is 5.97 Å². The van der Waals surface area contributed by atoms with Crippen LogP contribution in [0.4, 0.5) is 0 Å². The predicted molar refractivity (Wildman–Crippen MR) is 59.3 cm³/mol. The molecule has 15 heavy (non-hydrogen) atoms. The van der Waals surface area contributed by atoms with Gasteiger partial charge in [0.1, 0.15) is 0 Å². The molecule has 2 nitrogen and oxygen atoms in total. The lowest BCUT2D eigenvalue weighted by molar-refractivity contribution is -0.137. The van der Waals surface area contributed by atoms with Crippen LogP contribution in [0.25, 0.3) is 0 Å². The minimum Gasteiger partial charge on any atom is -0.466 e. The van der Waals surface area contributed by atoms with E-state index >= 15 is 0 Å². The number of carbonyl (C=O) groups is 1. The Morgan fingerprint density at radius 2 is 2.07 bits per heavy atom. The lowest BCUT2D eigenvalue weighted by atomic mass is 9.71. The highest BCUT2D eigenvalue weighted by Gasteiger charge is 2.54. The maximum atomic E-state index is 11.7. The SMILES string of the molecule is COC(=O)C1=CC[C@@]2(C)CCC(C)(C)[C@@H]12. The Kier molecular flexibility index (Phi) is 2.21. The van der Waals surface area contributed by atoms with Gasteiger partial charge in [0.05, 0.1) is 7.11 Å². The minimum atomic E-state index is -0.126. The summed E-state index contributed by atoms with van der Waals surface area (Å²) in [5.74, 6) is 0.260. The number of hydrogen-bond donors (Lipinski definition) is 0. The molecule has 0 amide bonds. The zero-order valence-electron chi connectivity index (χ0n) is 10.1. The molecule has 0 spiro atoms. The highest BCUT2D eigenvalue weighted by molar-refractivity contribution is 5.90. The van der Waals surface area contributed by atoms with E-state index in [-0.39, 0.29) is 11.4 Å². The van der Waals surface area contributed by atoms with Crippen molar-refractivity contribution in [3.05, 3.63) is 11.6 Å². The van der Waals surface area contributed by atoms with Crippen molar-refractivity contribution in [3.63, 3.8) is 0 Å². The molecular weight excluding hydrogens is 188 g/mol. The van der Waals surface area contributed by atoms with Gasteiger partial charge in [0.25, 0.3) is 0 Å². The number of hydrogen-bond acceptors (Lipinski definition) is 2. The van der Waals surface area contributed by atoms with Gasteiger partial charge in [0.15, 0.2) is 0 Å². The van der Waals surface area contributed by atoms with E-state index in [9.17, 15) is 4.79 Å². The molecule has 0 radical (unpaired) electrons. The largest absolute Gasteiger partial charge is 0.466 e. The Bertz CT molecular complexity index is 327. The second kappa shape index (κ2) is 3.10. The standard InChI is InChI=1S/C13H20O2/c1-12(2)7-8-13(3)6-5-9(10(12)13)11(14)15-4/h5,10H,6-8H2,1-4H3/t10-,13+/m1/s1. The zero-order valence-corrected chi connectivity index (χ0v) is 10.1. The highest BCUT2D eigenvalue weighted by Crippen LogP contribution is 2.61. The molecule has 0 aromatic heterocycles. The van der Waals surface area contributed by atoms with E-state index in [4.69, 9.17) is 4.74 Å². The molecule has 0 aromatic carbocycles. The summed E-state index contributed by atoms with van der Waals surface area (Å²) in [5, 5.41) is 0. The maximum absolute atomic E-state index is 11.7. The fraction of sp³-hybridized carbons (Fsp3) is 0.769. The van der Waals surface area contributed by atoms with E-state index in [1.54, 1.807) is 0 Å². The van der Waals surface area contributed by atoms with Gasteiger partial charge in [-0.25, -0.2) is 4.79 Å². The van der Waals surface area contributed by atoms with Crippen molar-refractivity contribution in [1.29, 1.82) is 0 Å². The number of allylic oxidation sites excluding steroid dienone is 1. The quantitative estimate of drug-likeness (QED) is 0.619. The highest BCUT2D eigenvalue weighted by atomic mass is 16.5. The number of ether oxygens (including phenoxy) is 1. The first kappa shape index (κ1) is 10.7. The molecule has 84 valence electrons. The fourth-order valence-electron chi connectivity index (χ4n) is 3.64. The summed E-state index contributed by atoms with van der Waals surface area (Å²) in [5.41, 5.74) is 1.46. The molecule has 1 fully saturated rings. The number of rotatable bonds is 1. The van der Waals surface area contributed by atoms with E-state index in [1.807, 2.05) is 0 Å². The van der Waals surface area contributed by atoms with Gasteiger partial charge in [-0.3, -0.25) is 0 Å². The Labute approximate surface area is 91.7 Å². The van der Waals surface area contributed by atoms with Crippen LogP contribution in [0.5, 0.6) is 0 Å². The second-order valence-corrected chi connectivity index (χ2v) is 5.93. The summed E-state index contributed by atoms with van der Waals surface area (Å²) in [6.45, 7) is 6.84. The van der Waals surface area contributed by atoms with Gasteiger partial charge in [-0.05, 0) is 30.1 Å². The van der Waals surface area contributed by atoms with Crippen LogP contribution in [0.1, 0.15) is 40.0 Å². The molecule has 2 rings (SSSR count). The summed E-state index contributed by atoms with van der Waals surface area (Å²) in [4.78, 5) is 11.7. The molecule has 0 N–H and O–H groups in total. The number of fused-ring (bicyclic) bond motifs is 1. The third-order valence-corrected chi connectivity index (χ3v) is 4.34. The summed E-state index contributed by atoms with van der Waals surface area (Å²) in [6, 6.07) is 0. The van der Waals surface area contributed by atoms with Crippen LogP contribution in [0.15, 0.2) is 11.6 Å². The van der Waals surface area contributed by atoms with Crippen LogP contribution in [-0.2, 0) is 9.53 Å². The van der Waals surface area contributed by atoms with Gasteiger partial charge in [0.2, 0.25) is 0 Å². The average Bonchev–Trinajstić information content (AvgIpc) is 2.63. The smallest absolute Gasteiger partial charge is 0.333 e. The molecule has 2 heteroatoms. The van der Waals surface area contributed by atoms with Crippen LogP contribution in [0.3, 0.4) is 0 Å². The average molecular weight is 208 g/mol. The Balaban J connectivity index is 2.34. The monoisotopic (exact) mass is 208 g/mol. The van der Waals surface area contributed by atoms with E-state index in [0.29, 0.717) is 11.3 Å². The van der Waals surface area contributed by atoms with Crippen LogP contribution >= 0.6 is 0 Å². The van der Waals surface area contributed by atoms with Gasteiger partial charge in [-0.15, -0.1) is 0 Å². The molecule has 2 atom stereocenters. The molecule has 0 saturated heterocycles. The molecule has 0 bridgehead atoms. The Morgan fingerprint density at radius 1 is 1.40 bits per heavy atom. The van der Waals surface area contributed by atoms with Crippen molar-refractivity contribution in [1.82, 2.24) is 0 Å². The van der Waals surface area contributed by atoms with Gasteiger partial charge in [-0.2, -0.15) is 0 Å². The summed E-state index contributed by atoms with van der Waals surface area (Å²) < 4.78 is 4.87. The topological polar surface area (TPSA) is 26.3 Å². The number of carbonyl (C=O) groups excluding carboxylic acids is 1. The van der Waals surface area contributed by atoms with E-state index in [0.717, 1.165) is 12.0 Å². The Hall–Kier alpha value is -0.790. The van der Waals surface area contributed by atoms with Crippen molar-refractivity contribution in [2.24, 2.45) is 16.7 Å². The van der Waals surface area contributed by atoms with Gasteiger partial charge < -0.3 is 4.74 Å². The molecule has 1 saturated carbocycles. The van der Waals surface area contributed by atoms with Crippen molar-refractivity contribution in [3.8, 4) is 0 Å². The van der Waals surface area contributed by atoms with Gasteiger partial charge in [0, 0.05) is 11.5 Å². The predicted octanol–water partition coefficient (Wildman–Crippen LogP) is 2.93. The Morgan fingerprint density at radius 3 is 2.67 bits per heavy atom. The normalized spacial score (nSPS) is 37.3. The third-order valence-electron chi connectivity index (χ3n) is 4.34. The van der Waals surface area contributed by atoms with Gasteiger partial charge >= 0.3 is 5.97 Å². The van der Waals surface area contributed by atoms with E-state index in [1.165, 1.54) is 20.0 Å². The molecule has 0 unspecified atom stereocenters. The summed E-state index contributed by atoms with van der Waals surface area (Å²) >= 11 is 0. The van der Waals surface area contributed by atoms with Crippen LogP contribution in [-0.4, -0.2) is 13.1 Å². The van der Waals surface area contributed by atoms with Crippen molar-refractivity contribution < 1.29 is 9.53 Å².